The van der Waals surface area contributed by atoms with E-state index in [0.29, 0.717) is 28.5 Å². The van der Waals surface area contributed by atoms with Gasteiger partial charge in [0.15, 0.2) is 11.9 Å². The fourth-order valence-corrected chi connectivity index (χ4v) is 3.38. The zero-order valence-electron chi connectivity index (χ0n) is 18.7. The third-order valence-corrected chi connectivity index (χ3v) is 5.50. The number of amides is 1. The van der Waals surface area contributed by atoms with Crippen LogP contribution in [0.2, 0.25) is 5.02 Å². The number of hydrogen-bond acceptors (Lipinski definition) is 4. The Hall–Kier alpha value is -2.63. The molecule has 1 aliphatic rings. The molecule has 1 aromatic heterocycles. The third kappa shape index (κ3) is 6.68. The quantitative estimate of drug-likeness (QED) is 0.493. The Morgan fingerprint density at radius 1 is 1.26 bits per heavy atom. The van der Waals surface area contributed by atoms with Gasteiger partial charge in [0.2, 0.25) is 0 Å². The van der Waals surface area contributed by atoms with Gasteiger partial charge in [-0.3, -0.25) is 9.59 Å². The number of carbonyl (C=O) groups is 2. The van der Waals surface area contributed by atoms with Crippen LogP contribution in [0.15, 0.2) is 58.7 Å². The lowest BCUT2D eigenvalue weighted by molar-refractivity contribution is -0.143. The number of furan rings is 1. The number of aldehydes is 1. The lowest BCUT2D eigenvalue weighted by atomic mass is 9.92. The van der Waals surface area contributed by atoms with Gasteiger partial charge in [0.05, 0.1) is 12.1 Å². The molecule has 31 heavy (non-hydrogen) atoms. The Morgan fingerprint density at radius 3 is 2.42 bits per heavy atom. The van der Waals surface area contributed by atoms with Crippen LogP contribution in [0, 0.1) is 19.8 Å². The predicted octanol–water partition coefficient (Wildman–Crippen LogP) is 5.63. The van der Waals surface area contributed by atoms with Crippen LogP contribution >= 0.6 is 11.6 Å². The molecular weight excluding hydrogens is 414 g/mol. The monoisotopic (exact) mass is 443 g/mol. The van der Waals surface area contributed by atoms with E-state index in [4.69, 9.17) is 16.0 Å². The highest BCUT2D eigenvalue weighted by Crippen LogP contribution is 2.25. The van der Waals surface area contributed by atoms with E-state index in [9.17, 15) is 14.7 Å². The van der Waals surface area contributed by atoms with Gasteiger partial charge in [0.1, 0.15) is 11.5 Å². The highest BCUT2D eigenvalue weighted by Gasteiger charge is 2.36. The molecule has 1 aliphatic heterocycles. The molecule has 0 bridgehead atoms. The first kappa shape index (κ1) is 24.6. The summed E-state index contributed by atoms with van der Waals surface area (Å²) in [5.41, 5.74) is 0.810. The van der Waals surface area contributed by atoms with Gasteiger partial charge in [-0.05, 0) is 69.4 Å². The summed E-state index contributed by atoms with van der Waals surface area (Å²) in [4.78, 5) is 24.5. The first-order valence-electron chi connectivity index (χ1n) is 10.2. The average molecular weight is 444 g/mol. The second kappa shape index (κ2) is 10.6. The Kier molecular flexibility index (Phi) is 8.43. The lowest BCUT2D eigenvalue weighted by Gasteiger charge is -2.29. The highest BCUT2D eigenvalue weighted by atomic mass is 35.5. The molecule has 0 saturated carbocycles. The molecule has 1 N–H and O–H groups in total. The van der Waals surface area contributed by atoms with Gasteiger partial charge in [-0.25, -0.2) is 0 Å². The van der Waals surface area contributed by atoms with Crippen molar-refractivity contribution in [2.24, 2.45) is 5.92 Å². The van der Waals surface area contributed by atoms with Crippen molar-refractivity contribution in [1.82, 2.24) is 4.90 Å². The molecule has 0 radical (unpaired) electrons. The van der Waals surface area contributed by atoms with E-state index in [1.807, 2.05) is 31.2 Å². The number of allylic oxidation sites excluding steroid dienone is 2. The summed E-state index contributed by atoms with van der Waals surface area (Å²) < 4.78 is 5.07. The SMILES string of the molecule is C/C1=C\C(C)C/C=C/N(Cc2ccc(Cl)cc2)C(=O)C1(C)O.Cc1cc(C=O)c(C)o1. The summed E-state index contributed by atoms with van der Waals surface area (Å²) in [6.07, 6.45) is 7.34. The number of aliphatic hydroxyl groups is 1. The Morgan fingerprint density at radius 2 is 1.90 bits per heavy atom. The summed E-state index contributed by atoms with van der Waals surface area (Å²) in [7, 11) is 0. The topological polar surface area (TPSA) is 70.8 Å². The van der Waals surface area contributed by atoms with E-state index in [1.165, 1.54) is 0 Å². The summed E-state index contributed by atoms with van der Waals surface area (Å²) in [6, 6.07) is 9.09. The van der Waals surface area contributed by atoms with E-state index in [-0.39, 0.29) is 11.8 Å². The normalized spacial score (nSPS) is 24.1. The van der Waals surface area contributed by atoms with Crippen LogP contribution < -0.4 is 0 Å². The molecule has 1 amide bonds. The molecule has 0 spiro atoms. The van der Waals surface area contributed by atoms with Crippen LogP contribution in [0.4, 0.5) is 0 Å². The van der Waals surface area contributed by atoms with Gasteiger partial charge < -0.3 is 14.4 Å². The molecule has 2 unspecified atom stereocenters. The molecule has 0 saturated heterocycles. The van der Waals surface area contributed by atoms with E-state index in [0.717, 1.165) is 24.0 Å². The van der Waals surface area contributed by atoms with E-state index < -0.39 is 5.60 Å². The molecule has 0 fully saturated rings. The zero-order chi connectivity index (χ0) is 23.2. The van der Waals surface area contributed by atoms with Crippen molar-refractivity contribution < 1.29 is 19.1 Å². The van der Waals surface area contributed by atoms with Gasteiger partial charge >= 0.3 is 0 Å². The number of hydrogen-bond donors (Lipinski definition) is 1. The molecule has 3 rings (SSSR count). The summed E-state index contributed by atoms with van der Waals surface area (Å²) >= 11 is 5.89. The van der Waals surface area contributed by atoms with Gasteiger partial charge in [-0.2, -0.15) is 0 Å². The molecule has 2 aromatic rings. The van der Waals surface area contributed by atoms with Crippen LogP contribution in [0.25, 0.3) is 0 Å². The van der Waals surface area contributed by atoms with Crippen LogP contribution in [0.3, 0.4) is 0 Å². The minimum Gasteiger partial charge on any atom is -0.466 e. The van der Waals surface area contributed by atoms with Crippen molar-refractivity contribution in [3.05, 3.63) is 81.9 Å². The highest BCUT2D eigenvalue weighted by molar-refractivity contribution is 6.30. The Labute approximate surface area is 189 Å². The molecule has 5 nitrogen and oxygen atoms in total. The number of halogens is 1. The van der Waals surface area contributed by atoms with Crippen LogP contribution in [0.5, 0.6) is 0 Å². The van der Waals surface area contributed by atoms with Gasteiger partial charge in [0.25, 0.3) is 5.91 Å². The van der Waals surface area contributed by atoms with Crippen molar-refractivity contribution in [3.8, 4) is 0 Å². The number of benzene rings is 1. The van der Waals surface area contributed by atoms with Crippen LogP contribution in [0.1, 0.15) is 54.6 Å². The lowest BCUT2D eigenvalue weighted by Crippen LogP contribution is -2.45. The maximum atomic E-state index is 12.7. The van der Waals surface area contributed by atoms with E-state index >= 15 is 0 Å². The maximum absolute atomic E-state index is 12.7. The molecule has 1 aromatic carbocycles. The number of nitrogens with zero attached hydrogens (tertiary/aromatic N) is 1. The third-order valence-electron chi connectivity index (χ3n) is 5.25. The Bertz CT molecular complexity index is 970. The standard InChI is InChI=1S/C18H22ClNO2.C7H8O2/c1-13-5-4-10-20(12-15-6-8-16(19)9-7-15)17(21)18(3,22)14(2)11-13;1-5-3-7(4-8)6(2)9-5/h4,6-11,13,22H,5,12H2,1-3H3;3-4H,1-2H3/b10-4+,14-11+;. The van der Waals surface area contributed by atoms with Crippen LogP contribution in [-0.2, 0) is 11.3 Å². The average Bonchev–Trinajstić information content (AvgIpc) is 3.06. The molecule has 2 atom stereocenters. The summed E-state index contributed by atoms with van der Waals surface area (Å²) in [6.45, 7) is 9.44. The molecule has 166 valence electrons. The molecule has 6 heteroatoms. The molecule has 0 aliphatic carbocycles. The van der Waals surface area contributed by atoms with Crippen molar-refractivity contribution >= 4 is 23.8 Å². The first-order valence-corrected chi connectivity index (χ1v) is 10.6. The number of carbonyl (C=O) groups excluding carboxylic acids is 2. The van der Waals surface area contributed by atoms with Gasteiger partial charge in [-0.15, -0.1) is 0 Å². The smallest absolute Gasteiger partial charge is 0.262 e. The predicted molar refractivity (Wildman–Crippen MR) is 123 cm³/mol. The van der Waals surface area contributed by atoms with Gasteiger partial charge in [-0.1, -0.05) is 42.8 Å². The number of rotatable bonds is 3. The van der Waals surface area contributed by atoms with Crippen molar-refractivity contribution in [1.29, 1.82) is 0 Å². The maximum Gasteiger partial charge on any atom is 0.262 e. The largest absolute Gasteiger partial charge is 0.466 e. The fourth-order valence-electron chi connectivity index (χ4n) is 3.25. The van der Waals surface area contributed by atoms with Crippen LogP contribution in [-0.4, -0.2) is 27.8 Å². The summed E-state index contributed by atoms with van der Waals surface area (Å²) in [5.74, 6) is 1.45. The summed E-state index contributed by atoms with van der Waals surface area (Å²) in [5, 5.41) is 11.3. The second-order valence-corrected chi connectivity index (χ2v) is 8.50. The van der Waals surface area contributed by atoms with E-state index in [1.54, 1.807) is 50.1 Å². The van der Waals surface area contributed by atoms with Crippen molar-refractivity contribution in [3.63, 3.8) is 0 Å². The number of aryl methyl sites for hydroxylation is 2. The zero-order valence-corrected chi connectivity index (χ0v) is 19.4. The molecule has 2 heterocycles. The molecular formula is C25H30ClNO4. The van der Waals surface area contributed by atoms with Crippen molar-refractivity contribution in [2.45, 2.75) is 53.2 Å². The van der Waals surface area contributed by atoms with Gasteiger partial charge in [0, 0.05) is 11.2 Å². The van der Waals surface area contributed by atoms with Crippen molar-refractivity contribution in [2.75, 3.05) is 0 Å². The Balaban J connectivity index is 0.000000316. The van der Waals surface area contributed by atoms with E-state index in [2.05, 4.69) is 6.92 Å². The second-order valence-electron chi connectivity index (χ2n) is 8.07. The fraction of sp³-hybridized carbons (Fsp3) is 0.360. The first-order chi connectivity index (χ1) is 14.5. The minimum absolute atomic E-state index is 0.283. The minimum atomic E-state index is -1.49.